The zero-order valence-electron chi connectivity index (χ0n) is 16.9. The highest BCUT2D eigenvalue weighted by molar-refractivity contribution is 7.89. The number of hydrogen-bond acceptors (Lipinski definition) is 4. The van der Waals surface area contributed by atoms with E-state index < -0.39 is 10.0 Å². The van der Waals surface area contributed by atoms with E-state index in [1.807, 2.05) is 24.3 Å². The minimum atomic E-state index is -3.10. The van der Waals surface area contributed by atoms with Crippen molar-refractivity contribution >= 4 is 15.9 Å². The summed E-state index contributed by atoms with van der Waals surface area (Å²) >= 11 is 0. The maximum absolute atomic E-state index is 12.7. The van der Waals surface area contributed by atoms with E-state index in [9.17, 15) is 13.2 Å². The molecule has 0 bridgehead atoms. The normalized spacial score (nSPS) is 20.6. The molecule has 1 N–H and O–H groups in total. The lowest BCUT2D eigenvalue weighted by atomic mass is 10.1. The van der Waals surface area contributed by atoms with Gasteiger partial charge < -0.3 is 5.32 Å². The second-order valence-electron chi connectivity index (χ2n) is 7.94. The third kappa shape index (κ3) is 5.78. The fraction of sp³-hybridized carbons (Fsp3) is 0.667. The molecule has 28 heavy (non-hydrogen) atoms. The van der Waals surface area contributed by atoms with Crippen molar-refractivity contribution < 1.29 is 13.2 Å². The van der Waals surface area contributed by atoms with Gasteiger partial charge in [-0.25, -0.2) is 8.42 Å². The molecule has 156 valence electrons. The number of piperazine rings is 1. The number of nitrogens with one attached hydrogen (secondary N) is 1. The Labute approximate surface area is 169 Å². The van der Waals surface area contributed by atoms with E-state index in [1.165, 1.54) is 25.7 Å². The first-order chi connectivity index (χ1) is 13.5. The number of carbonyl (C=O) groups is 1. The van der Waals surface area contributed by atoms with Gasteiger partial charge >= 0.3 is 0 Å². The molecule has 0 aromatic heterocycles. The maximum atomic E-state index is 12.7. The third-order valence-electron chi connectivity index (χ3n) is 5.88. The summed E-state index contributed by atoms with van der Waals surface area (Å²) in [6.45, 7) is 4.95. The van der Waals surface area contributed by atoms with Gasteiger partial charge in [0.1, 0.15) is 0 Å². The van der Waals surface area contributed by atoms with Crippen LogP contribution in [0.3, 0.4) is 0 Å². The number of benzene rings is 1. The molecule has 2 fully saturated rings. The number of sulfonamides is 1. The van der Waals surface area contributed by atoms with Gasteiger partial charge in [0, 0.05) is 44.3 Å². The van der Waals surface area contributed by atoms with Gasteiger partial charge in [0.25, 0.3) is 5.91 Å². The number of amides is 1. The highest BCUT2D eigenvalue weighted by Gasteiger charge is 2.25. The molecular weight excluding hydrogens is 374 g/mol. The summed E-state index contributed by atoms with van der Waals surface area (Å²) in [5.41, 5.74) is 1.81. The van der Waals surface area contributed by atoms with Crippen molar-refractivity contribution in [2.45, 2.75) is 58.0 Å². The lowest BCUT2D eigenvalue weighted by molar-refractivity contribution is 0.0933. The van der Waals surface area contributed by atoms with Crippen molar-refractivity contribution in [3.8, 4) is 0 Å². The second-order valence-corrected chi connectivity index (χ2v) is 10.2. The number of nitrogens with zero attached hydrogens (tertiary/aromatic N) is 2. The van der Waals surface area contributed by atoms with Crippen LogP contribution in [0.4, 0.5) is 0 Å². The van der Waals surface area contributed by atoms with Crippen molar-refractivity contribution in [3.05, 3.63) is 35.4 Å². The molecule has 6 nitrogen and oxygen atoms in total. The topological polar surface area (TPSA) is 69.7 Å². The Bertz CT molecular complexity index is 750. The summed E-state index contributed by atoms with van der Waals surface area (Å²) in [6, 6.07) is 8.13. The molecule has 2 aliphatic rings. The van der Waals surface area contributed by atoms with Gasteiger partial charge in [0.15, 0.2) is 0 Å². The Morgan fingerprint density at radius 1 is 1.07 bits per heavy atom. The summed E-state index contributed by atoms with van der Waals surface area (Å²) in [6.07, 6.45) is 7.10. The van der Waals surface area contributed by atoms with Crippen molar-refractivity contribution in [2.24, 2.45) is 0 Å². The van der Waals surface area contributed by atoms with Crippen LogP contribution >= 0.6 is 0 Å². The van der Waals surface area contributed by atoms with E-state index >= 15 is 0 Å². The van der Waals surface area contributed by atoms with Crippen LogP contribution in [-0.4, -0.2) is 61.5 Å². The molecule has 1 aromatic rings. The summed E-state index contributed by atoms with van der Waals surface area (Å²) < 4.78 is 25.6. The molecule has 0 atom stereocenters. The Hall–Kier alpha value is -1.44. The molecule has 1 amide bonds. The predicted molar refractivity (Wildman–Crippen MR) is 112 cm³/mol. The predicted octanol–water partition coefficient (Wildman–Crippen LogP) is 2.61. The minimum Gasteiger partial charge on any atom is -0.349 e. The van der Waals surface area contributed by atoms with Crippen LogP contribution < -0.4 is 5.32 Å². The molecule has 1 aliphatic carbocycles. The van der Waals surface area contributed by atoms with Crippen LogP contribution in [0.5, 0.6) is 0 Å². The van der Waals surface area contributed by atoms with E-state index in [0.29, 0.717) is 24.7 Å². The Morgan fingerprint density at radius 3 is 2.39 bits per heavy atom. The summed E-state index contributed by atoms with van der Waals surface area (Å²) in [7, 11) is -3.10. The molecular formula is C21H33N3O3S. The van der Waals surface area contributed by atoms with E-state index in [1.54, 1.807) is 11.2 Å². The van der Waals surface area contributed by atoms with Crippen LogP contribution in [-0.2, 0) is 16.6 Å². The third-order valence-corrected chi connectivity index (χ3v) is 7.76. The molecule has 1 aromatic carbocycles. The quantitative estimate of drug-likeness (QED) is 0.736. The van der Waals surface area contributed by atoms with Gasteiger partial charge in [-0.05, 0) is 37.5 Å². The van der Waals surface area contributed by atoms with Crippen LogP contribution in [0.2, 0.25) is 0 Å². The van der Waals surface area contributed by atoms with Gasteiger partial charge in [0.05, 0.1) is 5.75 Å². The van der Waals surface area contributed by atoms with Gasteiger partial charge in [0.2, 0.25) is 10.0 Å². The number of hydrogen-bond donors (Lipinski definition) is 1. The van der Waals surface area contributed by atoms with E-state index in [4.69, 9.17) is 0 Å². The Morgan fingerprint density at radius 2 is 1.75 bits per heavy atom. The van der Waals surface area contributed by atoms with E-state index in [-0.39, 0.29) is 11.7 Å². The first-order valence-corrected chi connectivity index (χ1v) is 12.2. The first kappa shape index (κ1) is 21.3. The fourth-order valence-electron chi connectivity index (χ4n) is 4.11. The first-order valence-electron chi connectivity index (χ1n) is 10.6. The summed E-state index contributed by atoms with van der Waals surface area (Å²) in [5, 5.41) is 3.21. The SMILES string of the molecule is CCS(=O)(=O)N1CCN(Cc2cccc(C(=O)NC3CCCCCC3)c2)CC1. The van der Waals surface area contributed by atoms with Crippen molar-refractivity contribution in [2.75, 3.05) is 31.9 Å². The standard InChI is InChI=1S/C21H33N3O3S/c1-2-28(26,27)24-14-12-23(13-15-24)17-18-8-7-9-19(16-18)21(25)22-20-10-5-3-4-6-11-20/h7-9,16,20H,2-6,10-15,17H2,1H3,(H,22,25). The Kier molecular flexibility index (Phi) is 7.48. The fourth-order valence-corrected chi connectivity index (χ4v) is 5.19. The van der Waals surface area contributed by atoms with Gasteiger partial charge in [-0.2, -0.15) is 4.31 Å². The molecule has 0 unspecified atom stereocenters. The molecule has 1 heterocycles. The second kappa shape index (κ2) is 9.85. The van der Waals surface area contributed by atoms with Crippen LogP contribution in [0, 0.1) is 0 Å². The number of carbonyl (C=O) groups excluding carboxylic acids is 1. The highest BCUT2D eigenvalue weighted by Crippen LogP contribution is 2.18. The van der Waals surface area contributed by atoms with Crippen molar-refractivity contribution in [3.63, 3.8) is 0 Å². The van der Waals surface area contributed by atoms with Crippen molar-refractivity contribution in [1.82, 2.24) is 14.5 Å². The zero-order valence-corrected chi connectivity index (χ0v) is 17.7. The van der Waals surface area contributed by atoms with Gasteiger partial charge in [-0.3, -0.25) is 9.69 Å². The van der Waals surface area contributed by atoms with Crippen LogP contribution in [0.25, 0.3) is 0 Å². The summed E-state index contributed by atoms with van der Waals surface area (Å²) in [5.74, 6) is 0.179. The lowest BCUT2D eigenvalue weighted by Gasteiger charge is -2.33. The summed E-state index contributed by atoms with van der Waals surface area (Å²) in [4.78, 5) is 14.9. The molecule has 3 rings (SSSR count). The molecule has 1 saturated heterocycles. The Balaban J connectivity index is 1.54. The molecule has 0 radical (unpaired) electrons. The van der Waals surface area contributed by atoms with Crippen molar-refractivity contribution in [1.29, 1.82) is 0 Å². The maximum Gasteiger partial charge on any atom is 0.251 e. The van der Waals surface area contributed by atoms with Gasteiger partial charge in [-0.15, -0.1) is 0 Å². The molecule has 1 aliphatic heterocycles. The van der Waals surface area contributed by atoms with Crippen LogP contribution in [0.1, 0.15) is 61.4 Å². The lowest BCUT2D eigenvalue weighted by Crippen LogP contribution is -2.48. The molecule has 0 spiro atoms. The van der Waals surface area contributed by atoms with Gasteiger partial charge in [-0.1, -0.05) is 37.8 Å². The van der Waals surface area contributed by atoms with E-state index in [2.05, 4.69) is 10.2 Å². The number of rotatable bonds is 6. The average molecular weight is 408 g/mol. The van der Waals surface area contributed by atoms with E-state index in [0.717, 1.165) is 38.0 Å². The monoisotopic (exact) mass is 407 g/mol. The van der Waals surface area contributed by atoms with Crippen LogP contribution in [0.15, 0.2) is 24.3 Å². The smallest absolute Gasteiger partial charge is 0.251 e. The minimum absolute atomic E-state index is 0.0209. The highest BCUT2D eigenvalue weighted by atomic mass is 32.2. The molecule has 7 heteroatoms. The largest absolute Gasteiger partial charge is 0.349 e. The zero-order chi connectivity index (χ0) is 20.0. The average Bonchev–Trinajstić information content (AvgIpc) is 2.97. The molecule has 1 saturated carbocycles.